The molecule has 30 heavy (non-hydrogen) atoms. The lowest BCUT2D eigenvalue weighted by Crippen LogP contribution is -2.41. The molecule has 3 rings (SSSR count). The van der Waals surface area contributed by atoms with E-state index < -0.39 is 0 Å². The summed E-state index contributed by atoms with van der Waals surface area (Å²) >= 11 is 1.81. The summed E-state index contributed by atoms with van der Waals surface area (Å²) in [6, 6.07) is 12.9. The van der Waals surface area contributed by atoms with E-state index in [1.807, 2.05) is 23.5 Å². The van der Waals surface area contributed by atoms with Gasteiger partial charge in [-0.15, -0.1) is 11.3 Å². The highest BCUT2D eigenvalue weighted by atomic mass is 32.1. The second-order valence-corrected chi connectivity index (χ2v) is 8.26. The van der Waals surface area contributed by atoms with Gasteiger partial charge in [0.05, 0.1) is 32.9 Å². The summed E-state index contributed by atoms with van der Waals surface area (Å²) in [5.74, 6) is 1.80. The smallest absolute Gasteiger partial charge is 0.191 e. The molecular weight excluding hydrogens is 396 g/mol. The van der Waals surface area contributed by atoms with Gasteiger partial charge in [0.1, 0.15) is 5.75 Å². The quantitative estimate of drug-likeness (QED) is 0.344. The number of nitrogens with one attached hydrogen (secondary N) is 2. The molecule has 2 heterocycles. The maximum absolute atomic E-state index is 5.54. The van der Waals surface area contributed by atoms with Crippen molar-refractivity contribution in [2.45, 2.75) is 25.8 Å². The van der Waals surface area contributed by atoms with Gasteiger partial charge in [0.2, 0.25) is 0 Å². The molecule has 0 spiro atoms. The average Bonchev–Trinajstić information content (AvgIpc) is 3.32. The molecule has 2 aromatic rings. The van der Waals surface area contributed by atoms with Crippen LogP contribution in [0, 0.1) is 0 Å². The number of guanidine groups is 1. The molecule has 1 fully saturated rings. The van der Waals surface area contributed by atoms with E-state index in [4.69, 9.17) is 14.5 Å². The van der Waals surface area contributed by atoms with Gasteiger partial charge >= 0.3 is 0 Å². The number of hydrogen-bond donors (Lipinski definition) is 2. The number of methoxy groups -OCH3 is 1. The van der Waals surface area contributed by atoms with Crippen molar-refractivity contribution < 1.29 is 9.47 Å². The largest absolute Gasteiger partial charge is 0.497 e. The Kier molecular flexibility index (Phi) is 9.47. The lowest BCUT2D eigenvalue weighted by molar-refractivity contribution is 0.0186. The Hall–Kier alpha value is -2.09. The van der Waals surface area contributed by atoms with Gasteiger partial charge in [-0.2, -0.15) is 0 Å². The maximum Gasteiger partial charge on any atom is 0.191 e. The normalized spacial score (nSPS) is 16.3. The van der Waals surface area contributed by atoms with Gasteiger partial charge in [-0.05, 0) is 48.9 Å². The third kappa shape index (κ3) is 7.00. The van der Waals surface area contributed by atoms with E-state index in [1.54, 1.807) is 7.11 Å². The molecule has 1 saturated heterocycles. The molecule has 1 aliphatic rings. The first-order chi connectivity index (χ1) is 14.8. The van der Waals surface area contributed by atoms with Crippen molar-refractivity contribution in [1.29, 1.82) is 0 Å². The first-order valence-electron chi connectivity index (χ1n) is 10.8. The zero-order valence-electron chi connectivity index (χ0n) is 18.1. The Morgan fingerprint density at radius 2 is 2.10 bits per heavy atom. The average molecular weight is 431 g/mol. The minimum absolute atomic E-state index is 0.307. The summed E-state index contributed by atoms with van der Waals surface area (Å²) in [6.45, 7) is 8.10. The number of ether oxygens (including phenoxy) is 2. The van der Waals surface area contributed by atoms with E-state index in [-0.39, 0.29) is 0 Å². The molecule has 164 valence electrons. The van der Waals surface area contributed by atoms with Gasteiger partial charge in [0, 0.05) is 31.1 Å². The molecule has 1 unspecified atom stereocenters. The fourth-order valence-electron chi connectivity index (χ4n) is 3.60. The Morgan fingerprint density at radius 3 is 2.83 bits per heavy atom. The molecule has 1 aliphatic heterocycles. The number of aryl methyl sites for hydroxylation is 1. The molecule has 0 amide bonds. The SMILES string of the molecule is CCNC(=NCC(c1cccs1)N1CCOCC1)NCCCc1cccc(OC)c1. The number of benzene rings is 1. The Labute approximate surface area is 184 Å². The molecule has 0 radical (unpaired) electrons. The molecule has 2 N–H and O–H groups in total. The number of aliphatic imine (C=N–C) groups is 1. The number of thiophene rings is 1. The standard InChI is InChI=1S/C23H34N4O2S/c1-3-24-23(25-11-5-8-19-7-4-9-20(17-19)28-2)26-18-21(22-10-6-16-30-22)27-12-14-29-15-13-27/h4,6-7,9-10,16-17,21H,3,5,8,11-15,18H2,1-2H3,(H2,24,25,26). The zero-order valence-corrected chi connectivity index (χ0v) is 18.9. The van der Waals surface area contributed by atoms with Crippen LogP contribution in [0.25, 0.3) is 0 Å². The molecule has 7 heteroatoms. The second-order valence-electron chi connectivity index (χ2n) is 7.28. The van der Waals surface area contributed by atoms with E-state index in [0.29, 0.717) is 6.04 Å². The van der Waals surface area contributed by atoms with Crippen molar-refractivity contribution in [3.8, 4) is 5.75 Å². The minimum Gasteiger partial charge on any atom is -0.497 e. The van der Waals surface area contributed by atoms with E-state index in [9.17, 15) is 0 Å². The van der Waals surface area contributed by atoms with Gasteiger partial charge < -0.3 is 20.1 Å². The Morgan fingerprint density at radius 1 is 1.23 bits per heavy atom. The van der Waals surface area contributed by atoms with Crippen molar-refractivity contribution in [3.63, 3.8) is 0 Å². The molecule has 1 aromatic carbocycles. The van der Waals surface area contributed by atoms with Crippen LogP contribution >= 0.6 is 11.3 Å². The monoisotopic (exact) mass is 430 g/mol. The predicted molar refractivity (Wildman–Crippen MR) is 125 cm³/mol. The summed E-state index contributed by atoms with van der Waals surface area (Å²) in [4.78, 5) is 8.78. The molecule has 6 nitrogen and oxygen atoms in total. The third-order valence-electron chi connectivity index (χ3n) is 5.19. The van der Waals surface area contributed by atoms with E-state index in [0.717, 1.165) is 70.5 Å². The molecule has 0 aliphatic carbocycles. The Balaban J connectivity index is 1.54. The van der Waals surface area contributed by atoms with Gasteiger partial charge in [0.25, 0.3) is 0 Å². The highest BCUT2D eigenvalue weighted by Crippen LogP contribution is 2.26. The van der Waals surface area contributed by atoms with Gasteiger partial charge in [-0.25, -0.2) is 0 Å². The number of hydrogen-bond acceptors (Lipinski definition) is 5. The molecule has 1 atom stereocenters. The van der Waals surface area contributed by atoms with Crippen LogP contribution in [0.2, 0.25) is 0 Å². The van der Waals surface area contributed by atoms with Crippen LogP contribution < -0.4 is 15.4 Å². The van der Waals surface area contributed by atoms with E-state index in [2.05, 4.69) is 52.1 Å². The maximum atomic E-state index is 5.54. The number of nitrogens with zero attached hydrogens (tertiary/aromatic N) is 2. The molecular formula is C23H34N4O2S. The topological polar surface area (TPSA) is 58.1 Å². The molecule has 1 aromatic heterocycles. The van der Waals surface area contributed by atoms with Crippen molar-refractivity contribution in [2.24, 2.45) is 4.99 Å². The summed E-state index contributed by atoms with van der Waals surface area (Å²) in [5.41, 5.74) is 1.29. The lowest BCUT2D eigenvalue weighted by atomic mass is 10.1. The van der Waals surface area contributed by atoms with Crippen molar-refractivity contribution in [2.75, 3.05) is 53.0 Å². The van der Waals surface area contributed by atoms with Crippen LogP contribution in [0.15, 0.2) is 46.8 Å². The van der Waals surface area contributed by atoms with Crippen LogP contribution in [-0.2, 0) is 11.2 Å². The Bertz CT molecular complexity index is 760. The first kappa shape index (κ1) is 22.6. The predicted octanol–water partition coefficient (Wildman–Crippen LogP) is 3.32. The van der Waals surface area contributed by atoms with Gasteiger partial charge in [0.15, 0.2) is 5.96 Å². The summed E-state index contributed by atoms with van der Waals surface area (Å²) in [6.07, 6.45) is 2.05. The van der Waals surface area contributed by atoms with Crippen LogP contribution in [0.1, 0.15) is 29.8 Å². The van der Waals surface area contributed by atoms with Crippen LogP contribution in [0.4, 0.5) is 0 Å². The van der Waals surface area contributed by atoms with Crippen molar-refractivity contribution in [1.82, 2.24) is 15.5 Å². The van der Waals surface area contributed by atoms with Crippen LogP contribution in [0.5, 0.6) is 5.75 Å². The van der Waals surface area contributed by atoms with Crippen molar-refractivity contribution in [3.05, 3.63) is 52.2 Å². The second kappa shape index (κ2) is 12.6. The van der Waals surface area contributed by atoms with Gasteiger partial charge in [-0.3, -0.25) is 9.89 Å². The number of rotatable bonds is 10. The zero-order chi connectivity index (χ0) is 21.0. The minimum atomic E-state index is 0.307. The molecule has 0 bridgehead atoms. The molecule has 0 saturated carbocycles. The lowest BCUT2D eigenvalue weighted by Gasteiger charge is -2.33. The van der Waals surface area contributed by atoms with Crippen LogP contribution in [0.3, 0.4) is 0 Å². The van der Waals surface area contributed by atoms with Crippen LogP contribution in [-0.4, -0.2) is 63.9 Å². The highest BCUT2D eigenvalue weighted by Gasteiger charge is 2.23. The number of morpholine rings is 1. The van der Waals surface area contributed by atoms with Crippen molar-refractivity contribution >= 4 is 17.3 Å². The highest BCUT2D eigenvalue weighted by molar-refractivity contribution is 7.10. The fourth-order valence-corrected chi connectivity index (χ4v) is 4.45. The summed E-state index contributed by atoms with van der Waals surface area (Å²) in [7, 11) is 1.71. The summed E-state index contributed by atoms with van der Waals surface area (Å²) in [5, 5.41) is 9.02. The third-order valence-corrected chi connectivity index (χ3v) is 6.17. The van der Waals surface area contributed by atoms with E-state index in [1.165, 1.54) is 10.4 Å². The first-order valence-corrected chi connectivity index (χ1v) is 11.7. The van der Waals surface area contributed by atoms with Gasteiger partial charge in [-0.1, -0.05) is 18.2 Å². The fraction of sp³-hybridized carbons (Fsp3) is 0.522. The summed E-state index contributed by atoms with van der Waals surface area (Å²) < 4.78 is 10.9. The van der Waals surface area contributed by atoms with E-state index >= 15 is 0 Å².